The van der Waals surface area contributed by atoms with Gasteiger partial charge in [-0.05, 0) is 28.1 Å². The summed E-state index contributed by atoms with van der Waals surface area (Å²) in [7, 11) is 0. The molecule has 9 nitrogen and oxygen atoms in total. The Morgan fingerprint density at radius 3 is 2.50 bits per heavy atom. The van der Waals surface area contributed by atoms with Gasteiger partial charge in [-0.25, -0.2) is 9.48 Å². The van der Waals surface area contributed by atoms with E-state index in [1.807, 2.05) is 60.7 Å². The molecule has 2 aromatic heterocycles. The summed E-state index contributed by atoms with van der Waals surface area (Å²) in [6, 6.07) is 18.2. The molecule has 0 amide bonds. The molecule has 0 aliphatic heterocycles. The summed E-state index contributed by atoms with van der Waals surface area (Å²) in [5.41, 5.74) is 1.76. The van der Waals surface area contributed by atoms with Gasteiger partial charge in [0.15, 0.2) is 12.6 Å². The van der Waals surface area contributed by atoms with Crippen LogP contribution in [0.15, 0.2) is 71.4 Å². The van der Waals surface area contributed by atoms with Gasteiger partial charge in [0, 0.05) is 12.0 Å². The molecule has 0 spiro atoms. The third-order valence-corrected chi connectivity index (χ3v) is 4.05. The zero-order valence-electron chi connectivity index (χ0n) is 14.8. The number of rotatable bonds is 7. The van der Waals surface area contributed by atoms with E-state index in [0.29, 0.717) is 12.3 Å². The van der Waals surface area contributed by atoms with Crippen molar-refractivity contribution in [2.24, 2.45) is 0 Å². The summed E-state index contributed by atoms with van der Waals surface area (Å²) in [4.78, 5) is 12.7. The highest BCUT2D eigenvalue weighted by Crippen LogP contribution is 2.19. The molecule has 4 aromatic rings. The average molecular weight is 376 g/mol. The Kier molecular flexibility index (Phi) is 5.14. The highest BCUT2D eigenvalue weighted by atomic mass is 16.5. The number of hydrogen-bond acceptors (Lipinski definition) is 8. The normalized spacial score (nSPS) is 11.9. The van der Waals surface area contributed by atoms with Crippen LogP contribution in [0.4, 0.5) is 0 Å². The maximum absolute atomic E-state index is 12.7. The summed E-state index contributed by atoms with van der Waals surface area (Å²) in [6.45, 7) is -0.133. The molecule has 1 atom stereocenters. The van der Waals surface area contributed by atoms with Gasteiger partial charge >= 0.3 is 5.97 Å². The Morgan fingerprint density at radius 2 is 1.79 bits per heavy atom. The third kappa shape index (κ3) is 4.09. The Morgan fingerprint density at radius 1 is 1.04 bits per heavy atom. The van der Waals surface area contributed by atoms with Gasteiger partial charge in [0.25, 0.3) is 5.89 Å². The molecular formula is C19H16N6O3. The first-order chi connectivity index (χ1) is 13.8. The summed E-state index contributed by atoms with van der Waals surface area (Å²) in [6.07, 6.45) is 1.78. The van der Waals surface area contributed by atoms with E-state index in [2.05, 4.69) is 25.7 Å². The first kappa shape index (κ1) is 17.5. The molecule has 0 unspecified atom stereocenters. The topological polar surface area (TPSA) is 109 Å². The summed E-state index contributed by atoms with van der Waals surface area (Å²) < 4.78 is 12.3. The number of esters is 1. The SMILES string of the molecule is O=C(OCc1nnc(-c2ccccc2)o1)[C@@H](Cc1ccccc1)n1cnnn1. The molecule has 0 saturated heterocycles. The molecule has 2 aromatic carbocycles. The Balaban J connectivity index is 1.44. The quantitative estimate of drug-likeness (QED) is 0.452. The van der Waals surface area contributed by atoms with E-state index < -0.39 is 12.0 Å². The van der Waals surface area contributed by atoms with E-state index in [-0.39, 0.29) is 12.5 Å². The minimum Gasteiger partial charge on any atom is -0.454 e. The van der Waals surface area contributed by atoms with Gasteiger partial charge in [0.05, 0.1) is 0 Å². The molecule has 0 aliphatic rings. The van der Waals surface area contributed by atoms with Crippen molar-refractivity contribution in [3.8, 4) is 11.5 Å². The van der Waals surface area contributed by atoms with Crippen molar-refractivity contribution >= 4 is 5.97 Å². The minimum atomic E-state index is -0.700. The lowest BCUT2D eigenvalue weighted by Crippen LogP contribution is -2.24. The Bertz CT molecular complexity index is 1020. The van der Waals surface area contributed by atoms with Crippen LogP contribution in [-0.2, 0) is 22.6 Å². The van der Waals surface area contributed by atoms with Crippen molar-refractivity contribution in [1.82, 2.24) is 30.4 Å². The first-order valence-corrected chi connectivity index (χ1v) is 8.60. The molecule has 28 heavy (non-hydrogen) atoms. The molecule has 140 valence electrons. The predicted octanol–water partition coefficient (Wildman–Crippen LogP) is 2.25. The van der Waals surface area contributed by atoms with Crippen LogP contribution in [0.25, 0.3) is 11.5 Å². The van der Waals surface area contributed by atoms with Crippen molar-refractivity contribution in [2.75, 3.05) is 0 Å². The van der Waals surface area contributed by atoms with Crippen molar-refractivity contribution in [2.45, 2.75) is 19.1 Å². The maximum atomic E-state index is 12.7. The van der Waals surface area contributed by atoms with E-state index in [9.17, 15) is 4.79 Å². The highest BCUT2D eigenvalue weighted by molar-refractivity contribution is 5.74. The highest BCUT2D eigenvalue weighted by Gasteiger charge is 2.24. The molecule has 0 radical (unpaired) electrons. The number of aromatic nitrogens is 6. The van der Waals surface area contributed by atoms with Crippen LogP contribution in [0.2, 0.25) is 0 Å². The number of ether oxygens (including phenoxy) is 1. The fourth-order valence-corrected chi connectivity index (χ4v) is 2.67. The van der Waals surface area contributed by atoms with Gasteiger partial charge in [0.1, 0.15) is 6.33 Å². The van der Waals surface area contributed by atoms with Crippen molar-refractivity contribution in [3.05, 3.63) is 78.4 Å². The van der Waals surface area contributed by atoms with E-state index >= 15 is 0 Å². The maximum Gasteiger partial charge on any atom is 0.331 e. The van der Waals surface area contributed by atoms with E-state index in [0.717, 1.165) is 11.1 Å². The molecule has 0 N–H and O–H groups in total. The number of carbonyl (C=O) groups is 1. The van der Waals surface area contributed by atoms with Crippen LogP contribution in [0.5, 0.6) is 0 Å². The Labute approximate surface area is 160 Å². The fraction of sp³-hybridized carbons (Fsp3) is 0.158. The zero-order valence-corrected chi connectivity index (χ0v) is 14.8. The third-order valence-electron chi connectivity index (χ3n) is 4.05. The molecule has 0 saturated carbocycles. The second kappa shape index (κ2) is 8.21. The molecule has 0 bridgehead atoms. The molecule has 4 rings (SSSR count). The van der Waals surface area contributed by atoms with Gasteiger partial charge in [0.2, 0.25) is 5.89 Å². The summed E-state index contributed by atoms with van der Waals surface area (Å²) >= 11 is 0. The average Bonchev–Trinajstić information content (AvgIpc) is 3.44. The molecule has 0 fully saturated rings. The van der Waals surface area contributed by atoms with Crippen LogP contribution in [0.3, 0.4) is 0 Å². The van der Waals surface area contributed by atoms with Gasteiger partial charge in [-0.3, -0.25) is 0 Å². The Hall–Kier alpha value is -3.88. The van der Waals surface area contributed by atoms with Crippen LogP contribution >= 0.6 is 0 Å². The lowest BCUT2D eigenvalue weighted by Gasteiger charge is -2.14. The standard InChI is InChI=1S/C19H16N6O3/c26-19(16(25-13-20-23-24-25)11-14-7-3-1-4-8-14)27-12-17-21-22-18(28-17)15-9-5-2-6-10-15/h1-10,13,16H,11-12H2/t16-/m1/s1. The van der Waals surface area contributed by atoms with Crippen LogP contribution in [0, 0.1) is 0 Å². The van der Waals surface area contributed by atoms with Crippen LogP contribution < -0.4 is 0 Å². The van der Waals surface area contributed by atoms with E-state index in [1.54, 1.807) is 0 Å². The van der Waals surface area contributed by atoms with Gasteiger partial charge in [-0.15, -0.1) is 15.3 Å². The molecule has 2 heterocycles. The largest absolute Gasteiger partial charge is 0.454 e. The summed E-state index contributed by atoms with van der Waals surface area (Å²) in [5, 5.41) is 19.0. The lowest BCUT2D eigenvalue weighted by molar-refractivity contribution is -0.150. The monoisotopic (exact) mass is 376 g/mol. The van der Waals surface area contributed by atoms with Crippen LogP contribution in [-0.4, -0.2) is 36.4 Å². The first-order valence-electron chi connectivity index (χ1n) is 8.60. The van der Waals surface area contributed by atoms with Crippen LogP contribution in [0.1, 0.15) is 17.5 Å². The van der Waals surface area contributed by atoms with Gasteiger partial charge < -0.3 is 9.15 Å². The van der Waals surface area contributed by atoms with E-state index in [1.165, 1.54) is 11.0 Å². The number of nitrogens with zero attached hydrogens (tertiary/aromatic N) is 6. The lowest BCUT2D eigenvalue weighted by atomic mass is 10.1. The van der Waals surface area contributed by atoms with E-state index in [4.69, 9.17) is 9.15 Å². The molecule has 0 aliphatic carbocycles. The van der Waals surface area contributed by atoms with Gasteiger partial charge in [-0.2, -0.15) is 0 Å². The number of carbonyl (C=O) groups excluding carboxylic acids is 1. The number of tetrazole rings is 1. The minimum absolute atomic E-state index is 0.133. The second-order valence-electron chi connectivity index (χ2n) is 5.97. The smallest absolute Gasteiger partial charge is 0.331 e. The number of benzene rings is 2. The fourth-order valence-electron chi connectivity index (χ4n) is 2.67. The second-order valence-corrected chi connectivity index (χ2v) is 5.97. The van der Waals surface area contributed by atoms with Crippen molar-refractivity contribution in [3.63, 3.8) is 0 Å². The molecular weight excluding hydrogens is 360 g/mol. The number of hydrogen-bond donors (Lipinski definition) is 0. The zero-order chi connectivity index (χ0) is 19.2. The van der Waals surface area contributed by atoms with Crippen molar-refractivity contribution < 1.29 is 13.9 Å². The van der Waals surface area contributed by atoms with Gasteiger partial charge in [-0.1, -0.05) is 48.5 Å². The summed E-state index contributed by atoms with van der Waals surface area (Å²) in [5.74, 6) is 0.0888. The predicted molar refractivity (Wildman–Crippen MR) is 96.5 cm³/mol. The molecule has 9 heteroatoms. The van der Waals surface area contributed by atoms with Crippen molar-refractivity contribution in [1.29, 1.82) is 0 Å².